The van der Waals surface area contributed by atoms with Crippen LogP contribution in [0.2, 0.25) is 0 Å². The number of nitrogens with one attached hydrogen (secondary N) is 1. The van der Waals surface area contributed by atoms with Gasteiger partial charge in [0.15, 0.2) is 0 Å². The molecule has 2 aromatic rings. The fourth-order valence-electron chi connectivity index (χ4n) is 2.50. The predicted octanol–water partition coefficient (Wildman–Crippen LogP) is 2.24. The molecule has 0 amide bonds. The van der Waals surface area contributed by atoms with E-state index in [2.05, 4.69) is 16.3 Å². The van der Waals surface area contributed by atoms with Gasteiger partial charge in [0.2, 0.25) is 0 Å². The van der Waals surface area contributed by atoms with E-state index in [-0.39, 0.29) is 0 Å². The van der Waals surface area contributed by atoms with Crippen molar-refractivity contribution in [2.45, 2.75) is 25.7 Å². The quantitative estimate of drug-likeness (QED) is 0.702. The molecule has 1 aromatic heterocycles. The number of benzene rings is 1. The summed E-state index contributed by atoms with van der Waals surface area (Å²) < 4.78 is 0. The van der Waals surface area contributed by atoms with Crippen LogP contribution in [0.4, 0.5) is 5.82 Å². The lowest BCUT2D eigenvalue weighted by Gasteiger charge is -2.18. The molecule has 1 aliphatic rings. The molecule has 4 heteroatoms. The second-order valence-corrected chi connectivity index (χ2v) is 4.51. The third-order valence-corrected chi connectivity index (χ3v) is 3.39. The molecular formula is C13H15N3O. The zero-order valence-corrected chi connectivity index (χ0v) is 9.53. The molecule has 3 rings (SSSR count). The van der Waals surface area contributed by atoms with Gasteiger partial charge in [0.1, 0.15) is 11.6 Å². The highest BCUT2D eigenvalue weighted by atomic mass is 16.3. The van der Waals surface area contributed by atoms with Crippen LogP contribution in [-0.4, -0.2) is 15.3 Å². The van der Waals surface area contributed by atoms with E-state index in [0.29, 0.717) is 11.6 Å². The standard InChI is InChI=1S/C13H15N3O/c14-12-7-11(15-16-12)10-6-5-8-3-1-2-4-9(8)13(10)17/h5-7,17H,1-4H2,(H3,14,15,16). The maximum Gasteiger partial charge on any atom is 0.145 e. The lowest BCUT2D eigenvalue weighted by Crippen LogP contribution is -2.03. The number of nitrogens with zero attached hydrogens (tertiary/aromatic N) is 1. The fraction of sp³-hybridized carbons (Fsp3) is 0.308. The molecule has 0 unspecified atom stereocenters. The highest BCUT2D eigenvalue weighted by molar-refractivity contribution is 5.71. The smallest absolute Gasteiger partial charge is 0.145 e. The molecule has 0 spiro atoms. The molecule has 0 saturated heterocycles. The van der Waals surface area contributed by atoms with Crippen molar-refractivity contribution in [2.75, 3.05) is 5.73 Å². The second kappa shape index (κ2) is 3.80. The molecule has 0 saturated carbocycles. The Labute approximate surface area is 99.5 Å². The van der Waals surface area contributed by atoms with Crippen LogP contribution in [0.3, 0.4) is 0 Å². The number of nitrogens with two attached hydrogens (primary N) is 1. The number of H-pyrrole nitrogens is 1. The van der Waals surface area contributed by atoms with Crippen LogP contribution in [0, 0.1) is 0 Å². The molecule has 0 atom stereocenters. The minimum absolute atomic E-state index is 0.380. The second-order valence-electron chi connectivity index (χ2n) is 4.51. The maximum atomic E-state index is 10.3. The SMILES string of the molecule is Nc1cc(-c2ccc3c(c2O)CCCC3)[nH]n1. The molecular weight excluding hydrogens is 214 g/mol. The van der Waals surface area contributed by atoms with E-state index in [1.165, 1.54) is 12.0 Å². The Hall–Kier alpha value is -1.97. The summed E-state index contributed by atoms with van der Waals surface area (Å²) in [6.45, 7) is 0. The summed E-state index contributed by atoms with van der Waals surface area (Å²) in [6, 6.07) is 5.78. The van der Waals surface area contributed by atoms with E-state index >= 15 is 0 Å². The molecule has 4 N–H and O–H groups in total. The number of aromatic hydroxyl groups is 1. The molecule has 0 fully saturated rings. The summed E-state index contributed by atoms with van der Waals surface area (Å²) in [6.07, 6.45) is 4.38. The number of rotatable bonds is 1. The van der Waals surface area contributed by atoms with E-state index in [4.69, 9.17) is 5.73 Å². The number of nitrogen functional groups attached to an aromatic ring is 1. The van der Waals surface area contributed by atoms with Gasteiger partial charge < -0.3 is 10.8 Å². The van der Waals surface area contributed by atoms with Crippen molar-refractivity contribution in [1.82, 2.24) is 10.2 Å². The van der Waals surface area contributed by atoms with E-state index in [9.17, 15) is 5.11 Å². The molecule has 4 nitrogen and oxygen atoms in total. The number of hydrogen-bond acceptors (Lipinski definition) is 3. The summed E-state index contributed by atoms with van der Waals surface area (Å²) in [7, 11) is 0. The third-order valence-electron chi connectivity index (χ3n) is 3.39. The highest BCUT2D eigenvalue weighted by Gasteiger charge is 2.17. The molecule has 17 heavy (non-hydrogen) atoms. The van der Waals surface area contributed by atoms with Crippen molar-refractivity contribution in [1.29, 1.82) is 0 Å². The number of aryl methyl sites for hydroxylation is 1. The van der Waals surface area contributed by atoms with Crippen molar-refractivity contribution in [3.63, 3.8) is 0 Å². The first-order chi connectivity index (χ1) is 8.25. The van der Waals surface area contributed by atoms with Gasteiger partial charge in [-0.1, -0.05) is 6.07 Å². The van der Waals surface area contributed by atoms with E-state index in [1.54, 1.807) is 6.07 Å². The number of phenols is 1. The van der Waals surface area contributed by atoms with Crippen LogP contribution in [0.5, 0.6) is 5.75 Å². The Morgan fingerprint density at radius 3 is 2.82 bits per heavy atom. The molecule has 0 radical (unpaired) electrons. The average Bonchev–Trinajstić information content (AvgIpc) is 2.77. The first-order valence-electron chi connectivity index (χ1n) is 5.90. The van der Waals surface area contributed by atoms with E-state index < -0.39 is 0 Å². The minimum Gasteiger partial charge on any atom is -0.507 e. The van der Waals surface area contributed by atoms with E-state index in [0.717, 1.165) is 36.1 Å². The average molecular weight is 229 g/mol. The summed E-state index contributed by atoms with van der Waals surface area (Å²) in [4.78, 5) is 0. The van der Waals surface area contributed by atoms with Crippen molar-refractivity contribution >= 4 is 5.82 Å². The number of anilines is 1. The maximum absolute atomic E-state index is 10.3. The van der Waals surface area contributed by atoms with Crippen LogP contribution < -0.4 is 5.73 Å². The van der Waals surface area contributed by atoms with Crippen LogP contribution in [0.25, 0.3) is 11.3 Å². The van der Waals surface area contributed by atoms with Gasteiger partial charge in [-0.05, 0) is 42.9 Å². The van der Waals surface area contributed by atoms with Gasteiger partial charge in [-0.25, -0.2) is 0 Å². The monoisotopic (exact) mass is 229 g/mol. The Bertz CT molecular complexity index is 560. The van der Waals surface area contributed by atoms with E-state index in [1.807, 2.05) is 6.07 Å². The minimum atomic E-state index is 0.380. The van der Waals surface area contributed by atoms with Gasteiger partial charge in [0.25, 0.3) is 0 Å². The Kier molecular flexibility index (Phi) is 2.28. The molecule has 1 heterocycles. The van der Waals surface area contributed by atoms with Crippen LogP contribution in [0.15, 0.2) is 18.2 Å². The van der Waals surface area contributed by atoms with Gasteiger partial charge in [0.05, 0.1) is 5.69 Å². The van der Waals surface area contributed by atoms with Crippen molar-refractivity contribution in [2.24, 2.45) is 0 Å². The van der Waals surface area contributed by atoms with Crippen molar-refractivity contribution in [3.8, 4) is 17.0 Å². The Balaban J connectivity index is 2.12. The van der Waals surface area contributed by atoms with Gasteiger partial charge in [-0.2, -0.15) is 5.10 Å². The number of aromatic amines is 1. The summed E-state index contributed by atoms with van der Waals surface area (Å²) >= 11 is 0. The molecule has 88 valence electrons. The molecule has 0 aliphatic heterocycles. The van der Waals surface area contributed by atoms with Gasteiger partial charge in [-0.3, -0.25) is 5.10 Å². The van der Waals surface area contributed by atoms with Crippen molar-refractivity contribution in [3.05, 3.63) is 29.3 Å². The summed E-state index contributed by atoms with van der Waals surface area (Å²) in [5, 5.41) is 17.0. The predicted molar refractivity (Wildman–Crippen MR) is 66.7 cm³/mol. The lowest BCUT2D eigenvalue weighted by molar-refractivity contribution is 0.464. The normalized spacial score (nSPS) is 14.6. The molecule has 1 aromatic carbocycles. The van der Waals surface area contributed by atoms with Crippen LogP contribution in [0.1, 0.15) is 24.0 Å². The largest absolute Gasteiger partial charge is 0.507 e. The van der Waals surface area contributed by atoms with Crippen LogP contribution in [-0.2, 0) is 12.8 Å². The zero-order valence-electron chi connectivity index (χ0n) is 9.53. The third kappa shape index (κ3) is 1.65. The first kappa shape index (κ1) is 10.2. The van der Waals surface area contributed by atoms with Gasteiger partial charge in [0, 0.05) is 11.6 Å². The Morgan fingerprint density at radius 2 is 2.06 bits per heavy atom. The van der Waals surface area contributed by atoms with Gasteiger partial charge >= 0.3 is 0 Å². The summed E-state index contributed by atoms with van der Waals surface area (Å²) in [5.41, 5.74) is 9.49. The molecule has 1 aliphatic carbocycles. The van der Waals surface area contributed by atoms with Gasteiger partial charge in [-0.15, -0.1) is 0 Å². The fourth-order valence-corrected chi connectivity index (χ4v) is 2.50. The zero-order chi connectivity index (χ0) is 11.8. The van der Waals surface area contributed by atoms with Crippen molar-refractivity contribution < 1.29 is 5.11 Å². The van der Waals surface area contributed by atoms with Crippen LogP contribution >= 0.6 is 0 Å². The number of aromatic nitrogens is 2. The first-order valence-corrected chi connectivity index (χ1v) is 5.90. The summed E-state index contributed by atoms with van der Waals surface area (Å²) in [5.74, 6) is 0.822. The topological polar surface area (TPSA) is 74.9 Å². The number of hydrogen-bond donors (Lipinski definition) is 3. The number of fused-ring (bicyclic) bond motifs is 1. The lowest BCUT2D eigenvalue weighted by atomic mass is 9.89. The molecule has 0 bridgehead atoms. The Morgan fingerprint density at radius 1 is 1.24 bits per heavy atom. The number of phenolic OH excluding ortho intramolecular Hbond substituents is 1. The highest BCUT2D eigenvalue weighted by Crippen LogP contribution is 2.37.